The van der Waals surface area contributed by atoms with E-state index in [1.807, 2.05) is 30.3 Å². The van der Waals surface area contributed by atoms with E-state index in [1.165, 1.54) is 6.42 Å². The van der Waals surface area contributed by atoms with Crippen molar-refractivity contribution in [1.29, 1.82) is 0 Å². The monoisotopic (exact) mass is 339 g/mol. The number of fused-ring (bicyclic) bond motifs is 1. The molecule has 3 atom stereocenters. The van der Waals surface area contributed by atoms with Gasteiger partial charge in [0.05, 0.1) is 5.56 Å². The lowest BCUT2D eigenvalue weighted by Gasteiger charge is -2.34. The number of esters is 1. The van der Waals surface area contributed by atoms with E-state index in [1.54, 1.807) is 12.1 Å². The molecule has 1 saturated carbocycles. The van der Waals surface area contributed by atoms with E-state index < -0.39 is 5.97 Å². The van der Waals surface area contributed by atoms with Crippen LogP contribution < -0.4 is 5.32 Å². The Labute approximate surface area is 148 Å². The molecule has 3 rings (SSSR count). The summed E-state index contributed by atoms with van der Waals surface area (Å²) in [6, 6.07) is 13.4. The first-order valence-electron chi connectivity index (χ1n) is 9.00. The SMILES string of the molecule is C[C@@H]1[C@@H](C)CCC[C@H]1NC(=O)COC(=O)c1ccc2ccccc2c1. The minimum Gasteiger partial charge on any atom is -0.452 e. The molecule has 0 saturated heterocycles. The van der Waals surface area contributed by atoms with E-state index in [4.69, 9.17) is 4.74 Å². The molecule has 4 nitrogen and oxygen atoms in total. The van der Waals surface area contributed by atoms with Crippen molar-refractivity contribution in [3.05, 3.63) is 48.0 Å². The molecule has 0 aromatic heterocycles. The summed E-state index contributed by atoms with van der Waals surface area (Å²) in [7, 11) is 0. The van der Waals surface area contributed by atoms with E-state index >= 15 is 0 Å². The van der Waals surface area contributed by atoms with Crippen LogP contribution in [0.4, 0.5) is 0 Å². The fourth-order valence-electron chi connectivity index (χ4n) is 3.56. The number of rotatable bonds is 4. The van der Waals surface area contributed by atoms with Gasteiger partial charge in [0.2, 0.25) is 0 Å². The lowest BCUT2D eigenvalue weighted by molar-refractivity contribution is -0.125. The van der Waals surface area contributed by atoms with Crippen LogP contribution >= 0.6 is 0 Å². The van der Waals surface area contributed by atoms with E-state index in [9.17, 15) is 9.59 Å². The number of carbonyl (C=O) groups is 2. The third kappa shape index (κ3) is 4.19. The molecule has 1 fully saturated rings. The zero-order valence-corrected chi connectivity index (χ0v) is 14.8. The second kappa shape index (κ2) is 7.68. The molecular weight excluding hydrogens is 314 g/mol. The number of amides is 1. The molecule has 1 aliphatic rings. The van der Waals surface area contributed by atoms with Gasteiger partial charge < -0.3 is 10.1 Å². The lowest BCUT2D eigenvalue weighted by Crippen LogP contribution is -2.45. The van der Waals surface area contributed by atoms with Crippen LogP contribution in [0.25, 0.3) is 10.8 Å². The third-order valence-electron chi connectivity index (χ3n) is 5.37. The van der Waals surface area contributed by atoms with E-state index in [-0.39, 0.29) is 18.6 Å². The van der Waals surface area contributed by atoms with Crippen molar-refractivity contribution in [2.45, 2.75) is 39.2 Å². The Hall–Kier alpha value is -2.36. The molecule has 0 bridgehead atoms. The molecule has 0 heterocycles. The zero-order chi connectivity index (χ0) is 17.8. The van der Waals surface area contributed by atoms with Crippen LogP contribution in [-0.2, 0) is 9.53 Å². The van der Waals surface area contributed by atoms with Gasteiger partial charge in [-0.25, -0.2) is 4.79 Å². The Kier molecular flexibility index (Phi) is 5.37. The highest BCUT2D eigenvalue weighted by molar-refractivity contribution is 5.96. The minimum atomic E-state index is -0.467. The van der Waals surface area contributed by atoms with Crippen LogP contribution in [0.2, 0.25) is 0 Å². The van der Waals surface area contributed by atoms with Crippen LogP contribution in [0.1, 0.15) is 43.5 Å². The van der Waals surface area contributed by atoms with E-state index in [2.05, 4.69) is 19.2 Å². The zero-order valence-electron chi connectivity index (χ0n) is 14.8. The molecule has 4 heteroatoms. The quantitative estimate of drug-likeness (QED) is 0.859. The van der Waals surface area contributed by atoms with Crippen molar-refractivity contribution in [3.8, 4) is 0 Å². The van der Waals surface area contributed by atoms with Crippen molar-refractivity contribution in [3.63, 3.8) is 0 Å². The molecule has 0 spiro atoms. The minimum absolute atomic E-state index is 0.177. The Morgan fingerprint density at radius 1 is 1.08 bits per heavy atom. The highest BCUT2D eigenvalue weighted by Gasteiger charge is 2.28. The smallest absolute Gasteiger partial charge is 0.338 e. The van der Waals surface area contributed by atoms with Gasteiger partial charge in [0.1, 0.15) is 0 Å². The van der Waals surface area contributed by atoms with Gasteiger partial charge in [0.25, 0.3) is 5.91 Å². The summed E-state index contributed by atoms with van der Waals surface area (Å²) >= 11 is 0. The number of nitrogens with one attached hydrogen (secondary N) is 1. The van der Waals surface area contributed by atoms with Gasteiger partial charge in [-0.1, -0.05) is 57.0 Å². The highest BCUT2D eigenvalue weighted by Crippen LogP contribution is 2.29. The van der Waals surface area contributed by atoms with E-state index in [0.717, 1.165) is 23.6 Å². The molecule has 2 aromatic rings. The van der Waals surface area contributed by atoms with Crippen molar-refractivity contribution in [2.24, 2.45) is 11.8 Å². The predicted octanol–water partition coefficient (Wildman–Crippen LogP) is 3.94. The first-order chi connectivity index (χ1) is 12.0. The summed E-state index contributed by atoms with van der Waals surface area (Å²) in [5.74, 6) is 0.374. The summed E-state index contributed by atoms with van der Waals surface area (Å²) in [5, 5.41) is 5.06. The molecule has 132 valence electrons. The van der Waals surface area contributed by atoms with Crippen molar-refractivity contribution in [1.82, 2.24) is 5.32 Å². The first kappa shape index (κ1) is 17.5. The number of carbonyl (C=O) groups excluding carboxylic acids is 2. The van der Waals surface area contributed by atoms with Crippen LogP contribution in [0.15, 0.2) is 42.5 Å². The van der Waals surface area contributed by atoms with Crippen molar-refractivity contribution < 1.29 is 14.3 Å². The molecule has 1 aliphatic carbocycles. The third-order valence-corrected chi connectivity index (χ3v) is 5.37. The standard InChI is InChI=1S/C21H25NO3/c1-14-6-5-9-19(15(14)2)22-20(23)13-25-21(24)18-11-10-16-7-3-4-8-17(16)12-18/h3-4,7-8,10-12,14-15,19H,5-6,9,13H2,1-2H3,(H,22,23)/t14-,15+,19+/m0/s1. The summed E-state index contributed by atoms with van der Waals surface area (Å²) in [6.45, 7) is 4.17. The topological polar surface area (TPSA) is 55.4 Å². The molecule has 0 unspecified atom stereocenters. The molecule has 1 N–H and O–H groups in total. The second-order valence-electron chi connectivity index (χ2n) is 7.08. The van der Waals surface area contributed by atoms with Gasteiger partial charge in [-0.05, 0) is 41.2 Å². The number of ether oxygens (including phenoxy) is 1. The summed E-state index contributed by atoms with van der Waals surface area (Å²) in [5.41, 5.74) is 0.464. The Bertz CT molecular complexity index is 771. The highest BCUT2D eigenvalue weighted by atomic mass is 16.5. The first-order valence-corrected chi connectivity index (χ1v) is 9.00. The average molecular weight is 339 g/mol. The predicted molar refractivity (Wildman–Crippen MR) is 98.3 cm³/mol. The molecule has 0 radical (unpaired) electrons. The van der Waals surface area contributed by atoms with Crippen LogP contribution in [0.5, 0.6) is 0 Å². The van der Waals surface area contributed by atoms with Gasteiger partial charge in [0, 0.05) is 6.04 Å². The number of benzene rings is 2. The number of hydrogen-bond donors (Lipinski definition) is 1. The van der Waals surface area contributed by atoms with Gasteiger partial charge in [-0.2, -0.15) is 0 Å². The summed E-state index contributed by atoms with van der Waals surface area (Å²) in [6.07, 6.45) is 3.34. The number of hydrogen-bond acceptors (Lipinski definition) is 3. The largest absolute Gasteiger partial charge is 0.452 e. The van der Waals surface area contributed by atoms with Gasteiger partial charge in [-0.15, -0.1) is 0 Å². The molecule has 2 aromatic carbocycles. The Morgan fingerprint density at radius 2 is 1.84 bits per heavy atom. The Morgan fingerprint density at radius 3 is 2.64 bits per heavy atom. The summed E-state index contributed by atoms with van der Waals surface area (Å²) in [4.78, 5) is 24.3. The van der Waals surface area contributed by atoms with Crippen molar-refractivity contribution >= 4 is 22.6 Å². The fraction of sp³-hybridized carbons (Fsp3) is 0.429. The average Bonchev–Trinajstić information content (AvgIpc) is 2.63. The normalized spacial score (nSPS) is 23.2. The van der Waals surface area contributed by atoms with Gasteiger partial charge in [-0.3, -0.25) is 4.79 Å². The summed E-state index contributed by atoms with van der Waals surface area (Å²) < 4.78 is 5.19. The Balaban J connectivity index is 1.55. The maximum absolute atomic E-state index is 12.2. The maximum atomic E-state index is 12.2. The second-order valence-corrected chi connectivity index (χ2v) is 7.08. The molecule has 0 aliphatic heterocycles. The van der Waals surface area contributed by atoms with Gasteiger partial charge >= 0.3 is 5.97 Å². The lowest BCUT2D eigenvalue weighted by atomic mass is 9.78. The van der Waals surface area contributed by atoms with Crippen molar-refractivity contribution in [2.75, 3.05) is 6.61 Å². The van der Waals surface area contributed by atoms with Gasteiger partial charge in [0.15, 0.2) is 6.61 Å². The molecule has 1 amide bonds. The fourth-order valence-corrected chi connectivity index (χ4v) is 3.56. The van der Waals surface area contributed by atoms with Crippen LogP contribution in [-0.4, -0.2) is 24.5 Å². The van der Waals surface area contributed by atoms with Crippen LogP contribution in [0.3, 0.4) is 0 Å². The molecule has 25 heavy (non-hydrogen) atoms. The van der Waals surface area contributed by atoms with Crippen LogP contribution in [0, 0.1) is 11.8 Å². The van der Waals surface area contributed by atoms with E-state index in [0.29, 0.717) is 17.4 Å². The molecular formula is C21H25NO3. The maximum Gasteiger partial charge on any atom is 0.338 e.